The molecule has 0 unspecified atom stereocenters. The molecule has 0 fully saturated rings. The van der Waals surface area contributed by atoms with Crippen molar-refractivity contribution in [3.8, 4) is 0 Å². The molecule has 2 rings (SSSR count). The van der Waals surface area contributed by atoms with Crippen LogP contribution in [0.1, 0.15) is 17.3 Å². The molecular formula is C17H15ClN2O6S. The molecule has 0 aliphatic carbocycles. The Morgan fingerprint density at radius 1 is 1.26 bits per heavy atom. The van der Waals surface area contributed by atoms with Crippen molar-refractivity contribution in [3.05, 3.63) is 63.2 Å². The van der Waals surface area contributed by atoms with Gasteiger partial charge in [-0.3, -0.25) is 19.1 Å². The number of halogens is 1. The van der Waals surface area contributed by atoms with Crippen LogP contribution in [0.5, 0.6) is 0 Å². The van der Waals surface area contributed by atoms with E-state index in [0.717, 1.165) is 6.07 Å². The Hall–Kier alpha value is -2.78. The number of hydrogen-bond donors (Lipinski definition) is 1. The number of ether oxygens (including phenoxy) is 1. The first kappa shape index (κ1) is 20.5. The number of nitrogens with one attached hydrogen (secondary N) is 1. The molecule has 0 saturated carbocycles. The van der Waals surface area contributed by atoms with E-state index in [-0.39, 0.29) is 22.0 Å². The predicted molar refractivity (Wildman–Crippen MR) is 100 cm³/mol. The fourth-order valence-corrected chi connectivity index (χ4v) is 3.25. The van der Waals surface area contributed by atoms with Crippen LogP contribution in [0.3, 0.4) is 0 Å². The third kappa shape index (κ3) is 5.35. The number of anilines is 1. The number of benzene rings is 2. The van der Waals surface area contributed by atoms with Crippen molar-refractivity contribution in [2.45, 2.75) is 11.8 Å². The molecule has 0 bridgehead atoms. The summed E-state index contributed by atoms with van der Waals surface area (Å²) in [6.45, 7) is 1.05. The molecule has 1 atom stereocenters. The third-order valence-corrected chi connectivity index (χ3v) is 4.99. The number of esters is 1. The van der Waals surface area contributed by atoms with Crippen molar-refractivity contribution < 1.29 is 23.5 Å². The van der Waals surface area contributed by atoms with Crippen LogP contribution in [0, 0.1) is 10.1 Å². The van der Waals surface area contributed by atoms with E-state index < -0.39 is 34.2 Å². The molecule has 0 radical (unpaired) electrons. The molecule has 1 amide bonds. The second-order valence-electron chi connectivity index (χ2n) is 5.17. The molecule has 1 N–H and O–H groups in total. The molecule has 2 aromatic rings. The fourth-order valence-electron chi connectivity index (χ4n) is 2.15. The largest absolute Gasteiger partial charge is 0.452 e. The summed E-state index contributed by atoms with van der Waals surface area (Å²) in [7, 11) is -1.37. The van der Waals surface area contributed by atoms with Gasteiger partial charge >= 0.3 is 5.97 Å². The van der Waals surface area contributed by atoms with Gasteiger partial charge in [0.15, 0.2) is 6.61 Å². The lowest BCUT2D eigenvalue weighted by Gasteiger charge is -2.09. The molecule has 0 heterocycles. The second kappa shape index (κ2) is 9.24. The summed E-state index contributed by atoms with van der Waals surface area (Å²) in [5.41, 5.74) is -0.355. The highest BCUT2D eigenvalue weighted by Gasteiger charge is 2.19. The van der Waals surface area contributed by atoms with Gasteiger partial charge in [0.05, 0.1) is 26.2 Å². The first-order valence-corrected chi connectivity index (χ1v) is 9.41. The zero-order valence-electron chi connectivity index (χ0n) is 14.1. The smallest absolute Gasteiger partial charge is 0.339 e. The lowest BCUT2D eigenvalue weighted by Crippen LogP contribution is -2.22. The Labute approximate surface area is 162 Å². The highest BCUT2D eigenvalue weighted by atomic mass is 35.5. The zero-order valence-corrected chi connectivity index (χ0v) is 15.7. The van der Waals surface area contributed by atoms with E-state index in [1.54, 1.807) is 25.1 Å². The number of rotatable bonds is 7. The Bertz CT molecular complexity index is 918. The van der Waals surface area contributed by atoms with E-state index in [0.29, 0.717) is 10.6 Å². The lowest BCUT2D eigenvalue weighted by atomic mass is 10.2. The van der Waals surface area contributed by atoms with Crippen molar-refractivity contribution in [2.24, 2.45) is 0 Å². The highest BCUT2D eigenvalue weighted by Crippen LogP contribution is 2.27. The van der Waals surface area contributed by atoms with Crippen LogP contribution >= 0.6 is 11.6 Å². The van der Waals surface area contributed by atoms with Crippen LogP contribution in [0.15, 0.2) is 47.4 Å². The zero-order chi connectivity index (χ0) is 20.0. The molecular weight excluding hydrogens is 396 g/mol. The van der Waals surface area contributed by atoms with E-state index in [9.17, 15) is 23.9 Å². The minimum Gasteiger partial charge on any atom is -0.452 e. The molecule has 2 aromatic carbocycles. The maximum absolute atomic E-state index is 12.2. The number of carbonyl (C=O) groups is 2. The Kier molecular flexibility index (Phi) is 7.03. The molecule has 0 aliphatic rings. The number of carbonyl (C=O) groups excluding carboxylic acids is 2. The van der Waals surface area contributed by atoms with Crippen molar-refractivity contribution >= 4 is 45.7 Å². The minimum atomic E-state index is -1.37. The summed E-state index contributed by atoms with van der Waals surface area (Å²) < 4.78 is 16.9. The van der Waals surface area contributed by atoms with Gasteiger partial charge in [0, 0.05) is 16.8 Å². The van der Waals surface area contributed by atoms with Gasteiger partial charge in [-0.2, -0.15) is 0 Å². The van der Waals surface area contributed by atoms with Crippen LogP contribution in [0.4, 0.5) is 11.4 Å². The summed E-state index contributed by atoms with van der Waals surface area (Å²) in [6, 6.07) is 9.99. The Balaban J connectivity index is 2.06. The molecule has 27 heavy (non-hydrogen) atoms. The first-order valence-electron chi connectivity index (χ1n) is 7.71. The Morgan fingerprint density at radius 3 is 2.63 bits per heavy atom. The summed E-state index contributed by atoms with van der Waals surface area (Å²) in [6.07, 6.45) is 0. The summed E-state index contributed by atoms with van der Waals surface area (Å²) in [4.78, 5) is 34.8. The number of hydrogen-bond acceptors (Lipinski definition) is 6. The fraction of sp³-hybridized carbons (Fsp3) is 0.176. The summed E-state index contributed by atoms with van der Waals surface area (Å²) in [5.74, 6) is -1.25. The van der Waals surface area contributed by atoms with Gasteiger partial charge in [-0.1, -0.05) is 30.7 Å². The summed E-state index contributed by atoms with van der Waals surface area (Å²) >= 11 is 5.71. The van der Waals surface area contributed by atoms with Gasteiger partial charge in [0.1, 0.15) is 5.69 Å². The van der Waals surface area contributed by atoms with Crippen LogP contribution in [-0.2, 0) is 20.3 Å². The van der Waals surface area contributed by atoms with Gasteiger partial charge in [0.2, 0.25) is 0 Å². The molecule has 0 saturated heterocycles. The van der Waals surface area contributed by atoms with E-state index >= 15 is 0 Å². The van der Waals surface area contributed by atoms with Gasteiger partial charge in [-0.25, -0.2) is 4.79 Å². The Morgan fingerprint density at radius 2 is 1.96 bits per heavy atom. The monoisotopic (exact) mass is 410 g/mol. The van der Waals surface area contributed by atoms with E-state index in [1.807, 2.05) is 0 Å². The van der Waals surface area contributed by atoms with E-state index in [2.05, 4.69) is 5.32 Å². The molecule has 142 valence electrons. The van der Waals surface area contributed by atoms with Crippen LogP contribution in [-0.4, -0.2) is 33.4 Å². The van der Waals surface area contributed by atoms with Gasteiger partial charge < -0.3 is 10.1 Å². The number of nitrogens with zero attached hydrogens (tertiary/aromatic N) is 1. The predicted octanol–water partition coefficient (Wildman–Crippen LogP) is 3.17. The molecule has 10 heteroatoms. The number of amides is 1. The quantitative estimate of drug-likeness (QED) is 0.425. The van der Waals surface area contributed by atoms with Gasteiger partial charge in [-0.15, -0.1) is 0 Å². The van der Waals surface area contributed by atoms with Crippen LogP contribution in [0.25, 0.3) is 0 Å². The standard InChI is InChI=1S/C17H15ClN2O6S/c1-2-27(25)15-6-4-3-5-12(15)17(22)26-10-16(21)19-13-8-7-11(18)9-14(13)20(23)24/h3-9H,2,10H2,1H3,(H,19,21)/t27-/m0/s1. The minimum absolute atomic E-state index is 0.0714. The molecule has 0 aliphatic heterocycles. The van der Waals surface area contributed by atoms with Gasteiger partial charge in [-0.05, 0) is 24.3 Å². The van der Waals surface area contributed by atoms with Crippen molar-refractivity contribution in [1.82, 2.24) is 0 Å². The lowest BCUT2D eigenvalue weighted by molar-refractivity contribution is -0.383. The molecule has 0 spiro atoms. The number of nitro groups is 1. The van der Waals surface area contributed by atoms with Crippen molar-refractivity contribution in [1.29, 1.82) is 0 Å². The van der Waals surface area contributed by atoms with Crippen molar-refractivity contribution in [2.75, 3.05) is 17.7 Å². The normalized spacial score (nSPS) is 11.5. The van der Waals surface area contributed by atoms with E-state index in [4.69, 9.17) is 16.3 Å². The van der Waals surface area contributed by atoms with Crippen LogP contribution < -0.4 is 5.32 Å². The molecule has 8 nitrogen and oxygen atoms in total. The third-order valence-electron chi connectivity index (χ3n) is 3.38. The average molecular weight is 411 g/mol. The van der Waals surface area contributed by atoms with E-state index in [1.165, 1.54) is 18.2 Å². The van der Waals surface area contributed by atoms with Crippen molar-refractivity contribution in [3.63, 3.8) is 0 Å². The van der Waals surface area contributed by atoms with Gasteiger partial charge in [0.25, 0.3) is 11.6 Å². The summed E-state index contributed by atoms with van der Waals surface area (Å²) in [5, 5.41) is 13.5. The second-order valence-corrected chi connectivity index (χ2v) is 7.32. The highest BCUT2D eigenvalue weighted by molar-refractivity contribution is 7.85. The maximum Gasteiger partial charge on any atom is 0.339 e. The molecule has 0 aromatic heterocycles. The maximum atomic E-state index is 12.2. The average Bonchev–Trinajstić information content (AvgIpc) is 2.66. The first-order chi connectivity index (χ1) is 12.8. The SMILES string of the molecule is CC[S@](=O)c1ccccc1C(=O)OCC(=O)Nc1ccc(Cl)cc1[N+](=O)[O-]. The topological polar surface area (TPSA) is 116 Å². The number of nitro benzene ring substituents is 1. The van der Waals surface area contributed by atoms with Crippen LogP contribution in [0.2, 0.25) is 5.02 Å².